The lowest BCUT2D eigenvalue weighted by Gasteiger charge is -2.19. The lowest BCUT2D eigenvalue weighted by Crippen LogP contribution is -2.22. The number of phenols is 1. The molecule has 0 heterocycles. The van der Waals surface area contributed by atoms with E-state index in [1.807, 2.05) is 0 Å². The van der Waals surface area contributed by atoms with Gasteiger partial charge in [0.05, 0.1) is 7.11 Å². The third kappa shape index (κ3) is 3.64. The van der Waals surface area contributed by atoms with Gasteiger partial charge in [-0.2, -0.15) is 0 Å². The minimum Gasteiger partial charge on any atom is -0.508 e. The average molecular weight is 310 g/mol. The van der Waals surface area contributed by atoms with Gasteiger partial charge in [-0.15, -0.1) is 0 Å². The van der Waals surface area contributed by atoms with E-state index < -0.39 is 17.8 Å². The third-order valence-electron chi connectivity index (χ3n) is 2.87. The van der Waals surface area contributed by atoms with Crippen molar-refractivity contribution in [2.24, 2.45) is 0 Å². The summed E-state index contributed by atoms with van der Waals surface area (Å²) in [7, 11) is 1.21. The molecule has 2 aromatic rings. The van der Waals surface area contributed by atoms with Gasteiger partial charge in [0, 0.05) is 16.3 Å². The number of carbonyl (C=O) groups is 1. The number of anilines is 1. The van der Waals surface area contributed by atoms with Gasteiger partial charge in [0.2, 0.25) is 0 Å². The van der Waals surface area contributed by atoms with Gasteiger partial charge < -0.3 is 15.2 Å². The van der Waals surface area contributed by atoms with Gasteiger partial charge in [0.25, 0.3) is 0 Å². The van der Waals surface area contributed by atoms with Crippen LogP contribution in [0.4, 0.5) is 10.1 Å². The quantitative estimate of drug-likeness (QED) is 0.849. The number of aromatic hydroxyl groups is 1. The topological polar surface area (TPSA) is 58.6 Å². The highest BCUT2D eigenvalue weighted by atomic mass is 35.5. The standard InChI is InChI=1S/C15H13ClFNO3/c1-21-15(20)14(12-8-10(17)5-6-13(12)19)18-11-4-2-3-9(16)7-11/h2-8,14,18-19H,1H3. The number of esters is 1. The summed E-state index contributed by atoms with van der Waals surface area (Å²) < 4.78 is 18.1. The van der Waals surface area contributed by atoms with E-state index in [0.717, 1.165) is 12.1 Å². The second-order valence-electron chi connectivity index (χ2n) is 4.31. The lowest BCUT2D eigenvalue weighted by atomic mass is 10.0. The first-order chi connectivity index (χ1) is 10.0. The second kappa shape index (κ2) is 6.45. The van der Waals surface area contributed by atoms with Crippen molar-refractivity contribution in [3.8, 4) is 5.75 Å². The van der Waals surface area contributed by atoms with Crippen LogP contribution in [0.5, 0.6) is 5.75 Å². The van der Waals surface area contributed by atoms with Gasteiger partial charge >= 0.3 is 5.97 Å². The summed E-state index contributed by atoms with van der Waals surface area (Å²) in [5, 5.41) is 13.2. The summed E-state index contributed by atoms with van der Waals surface area (Å²) >= 11 is 5.88. The number of phenolic OH excluding ortho intramolecular Hbond substituents is 1. The Kier molecular flexibility index (Phi) is 4.65. The fourth-order valence-electron chi connectivity index (χ4n) is 1.88. The van der Waals surface area contributed by atoms with Gasteiger partial charge in [0.1, 0.15) is 11.6 Å². The first kappa shape index (κ1) is 15.1. The van der Waals surface area contributed by atoms with Crippen LogP contribution in [0.25, 0.3) is 0 Å². The van der Waals surface area contributed by atoms with Crippen molar-refractivity contribution in [1.29, 1.82) is 0 Å². The van der Waals surface area contributed by atoms with E-state index in [1.54, 1.807) is 24.3 Å². The number of halogens is 2. The summed E-state index contributed by atoms with van der Waals surface area (Å²) in [6.07, 6.45) is 0. The molecule has 0 fully saturated rings. The molecule has 2 rings (SSSR count). The van der Waals surface area contributed by atoms with Crippen LogP contribution in [0.3, 0.4) is 0 Å². The highest BCUT2D eigenvalue weighted by molar-refractivity contribution is 6.30. The fraction of sp³-hybridized carbons (Fsp3) is 0.133. The van der Waals surface area contributed by atoms with Gasteiger partial charge in [-0.3, -0.25) is 0 Å². The fourth-order valence-corrected chi connectivity index (χ4v) is 2.07. The zero-order chi connectivity index (χ0) is 15.4. The maximum Gasteiger partial charge on any atom is 0.333 e. The summed E-state index contributed by atoms with van der Waals surface area (Å²) in [4.78, 5) is 11.9. The number of ether oxygens (including phenoxy) is 1. The highest BCUT2D eigenvalue weighted by Gasteiger charge is 2.25. The van der Waals surface area contributed by atoms with Crippen LogP contribution in [-0.2, 0) is 9.53 Å². The predicted octanol–water partition coefficient (Wildman–Crippen LogP) is 3.51. The molecule has 2 aromatic carbocycles. The number of benzene rings is 2. The molecule has 0 radical (unpaired) electrons. The Hall–Kier alpha value is -2.27. The van der Waals surface area contributed by atoms with Crippen molar-refractivity contribution < 1.29 is 19.0 Å². The molecule has 6 heteroatoms. The molecule has 0 aromatic heterocycles. The van der Waals surface area contributed by atoms with Crippen molar-refractivity contribution in [2.75, 3.05) is 12.4 Å². The first-order valence-electron chi connectivity index (χ1n) is 6.09. The van der Waals surface area contributed by atoms with Crippen LogP contribution in [0.1, 0.15) is 11.6 Å². The van der Waals surface area contributed by atoms with E-state index in [1.165, 1.54) is 13.2 Å². The van der Waals surface area contributed by atoms with Crippen LogP contribution in [0.15, 0.2) is 42.5 Å². The molecule has 110 valence electrons. The summed E-state index contributed by atoms with van der Waals surface area (Å²) in [6, 6.07) is 8.99. The molecule has 0 saturated heterocycles. The number of methoxy groups -OCH3 is 1. The SMILES string of the molecule is COC(=O)C(Nc1cccc(Cl)c1)c1cc(F)ccc1O. The summed E-state index contributed by atoms with van der Waals surface area (Å²) in [6.45, 7) is 0. The third-order valence-corrected chi connectivity index (χ3v) is 3.11. The van der Waals surface area contributed by atoms with E-state index in [4.69, 9.17) is 16.3 Å². The summed E-state index contributed by atoms with van der Waals surface area (Å²) in [5.41, 5.74) is 0.628. The highest BCUT2D eigenvalue weighted by Crippen LogP contribution is 2.29. The molecule has 0 aliphatic rings. The van der Waals surface area contributed by atoms with Gasteiger partial charge in [-0.1, -0.05) is 17.7 Å². The smallest absolute Gasteiger partial charge is 0.333 e. The van der Waals surface area contributed by atoms with Crippen LogP contribution in [0, 0.1) is 5.82 Å². The minimum atomic E-state index is -1.05. The van der Waals surface area contributed by atoms with Gasteiger partial charge in [-0.05, 0) is 36.4 Å². The van der Waals surface area contributed by atoms with E-state index in [0.29, 0.717) is 10.7 Å². The Labute approximate surface area is 126 Å². The van der Waals surface area contributed by atoms with E-state index in [2.05, 4.69) is 5.32 Å². The maximum absolute atomic E-state index is 13.4. The number of rotatable bonds is 4. The lowest BCUT2D eigenvalue weighted by molar-refractivity contribution is -0.141. The Balaban J connectivity index is 2.39. The Morgan fingerprint density at radius 2 is 2.10 bits per heavy atom. The van der Waals surface area contributed by atoms with E-state index >= 15 is 0 Å². The first-order valence-corrected chi connectivity index (χ1v) is 6.47. The molecule has 1 unspecified atom stereocenters. The predicted molar refractivity (Wildman–Crippen MR) is 77.9 cm³/mol. The molecule has 0 aliphatic heterocycles. The van der Waals surface area contributed by atoms with Crippen LogP contribution < -0.4 is 5.32 Å². The number of hydrogen-bond donors (Lipinski definition) is 2. The molecule has 0 spiro atoms. The molecule has 1 atom stereocenters. The molecule has 0 amide bonds. The van der Waals surface area contributed by atoms with Gasteiger partial charge in [0.15, 0.2) is 6.04 Å². The Bertz CT molecular complexity index is 663. The van der Waals surface area contributed by atoms with Crippen molar-refractivity contribution in [3.05, 3.63) is 58.9 Å². The molecular weight excluding hydrogens is 297 g/mol. The maximum atomic E-state index is 13.4. The molecule has 21 heavy (non-hydrogen) atoms. The Morgan fingerprint density at radius 1 is 1.33 bits per heavy atom. The van der Waals surface area contributed by atoms with Crippen molar-refractivity contribution in [3.63, 3.8) is 0 Å². The Morgan fingerprint density at radius 3 is 2.76 bits per heavy atom. The van der Waals surface area contributed by atoms with Crippen LogP contribution in [-0.4, -0.2) is 18.2 Å². The monoisotopic (exact) mass is 309 g/mol. The molecular formula is C15H13ClFNO3. The average Bonchev–Trinajstić information content (AvgIpc) is 2.47. The second-order valence-corrected chi connectivity index (χ2v) is 4.75. The number of nitrogens with one attached hydrogen (secondary N) is 1. The largest absolute Gasteiger partial charge is 0.508 e. The molecule has 2 N–H and O–H groups in total. The molecule has 0 aliphatic carbocycles. The molecule has 0 saturated carbocycles. The van der Waals surface area contributed by atoms with Crippen LogP contribution >= 0.6 is 11.6 Å². The summed E-state index contributed by atoms with van der Waals surface area (Å²) in [5.74, 6) is -1.43. The van der Waals surface area contributed by atoms with Gasteiger partial charge in [-0.25, -0.2) is 9.18 Å². The van der Waals surface area contributed by atoms with Crippen molar-refractivity contribution in [2.45, 2.75) is 6.04 Å². The van der Waals surface area contributed by atoms with Crippen molar-refractivity contribution in [1.82, 2.24) is 0 Å². The minimum absolute atomic E-state index is 0.0850. The number of carbonyl (C=O) groups excluding carboxylic acids is 1. The normalized spacial score (nSPS) is 11.8. The molecule has 0 bridgehead atoms. The van der Waals surface area contributed by atoms with E-state index in [-0.39, 0.29) is 11.3 Å². The van der Waals surface area contributed by atoms with E-state index in [9.17, 15) is 14.3 Å². The van der Waals surface area contributed by atoms with Crippen LogP contribution in [0.2, 0.25) is 5.02 Å². The zero-order valence-electron chi connectivity index (χ0n) is 11.1. The molecule has 4 nitrogen and oxygen atoms in total. The van der Waals surface area contributed by atoms with Crippen molar-refractivity contribution >= 4 is 23.3 Å². The number of hydrogen-bond acceptors (Lipinski definition) is 4. The zero-order valence-corrected chi connectivity index (χ0v) is 11.9.